The molecule has 2 aromatic rings. The van der Waals surface area contributed by atoms with Crippen molar-refractivity contribution in [3.63, 3.8) is 0 Å². The summed E-state index contributed by atoms with van der Waals surface area (Å²) in [6.45, 7) is 3.50. The molecule has 3 N–H and O–H groups in total. The fourth-order valence-corrected chi connectivity index (χ4v) is 5.95. The van der Waals surface area contributed by atoms with Gasteiger partial charge >= 0.3 is 0 Å². The highest BCUT2D eigenvalue weighted by Gasteiger charge is 2.27. The molecular weight excluding hydrogens is 370 g/mol. The molecule has 0 radical (unpaired) electrons. The van der Waals surface area contributed by atoms with Crippen LogP contribution in [0.4, 0.5) is 0 Å². The predicted molar refractivity (Wildman–Crippen MR) is 108 cm³/mol. The Bertz CT molecular complexity index is 844. The molecule has 0 saturated carbocycles. The van der Waals surface area contributed by atoms with Crippen LogP contribution in [0.3, 0.4) is 0 Å². The van der Waals surface area contributed by atoms with Gasteiger partial charge in [-0.3, -0.25) is 4.99 Å². The molecule has 1 saturated heterocycles. The predicted octanol–water partition coefficient (Wildman–Crippen LogP) is 1.92. The topological polar surface area (TPSA) is 90.8 Å². The van der Waals surface area contributed by atoms with E-state index < -0.39 is 15.9 Å². The third-order valence-corrected chi connectivity index (χ3v) is 7.48. The Morgan fingerprint density at radius 1 is 1.38 bits per heavy atom. The summed E-state index contributed by atoms with van der Waals surface area (Å²) in [7, 11) is -2.87. The summed E-state index contributed by atoms with van der Waals surface area (Å²) in [6, 6.07) is 10.1. The van der Waals surface area contributed by atoms with Gasteiger partial charge < -0.3 is 15.7 Å². The van der Waals surface area contributed by atoms with Crippen LogP contribution in [0.1, 0.15) is 24.3 Å². The zero-order valence-electron chi connectivity index (χ0n) is 14.8. The summed E-state index contributed by atoms with van der Waals surface area (Å²) < 4.78 is 24.3. The quantitative estimate of drug-likeness (QED) is 0.514. The number of nitrogens with zero attached hydrogens (tertiary/aromatic N) is 1. The summed E-state index contributed by atoms with van der Waals surface area (Å²) >= 11 is 1.58. The maximum absolute atomic E-state index is 11.6. The van der Waals surface area contributed by atoms with Gasteiger partial charge in [0.05, 0.1) is 18.1 Å². The van der Waals surface area contributed by atoms with Gasteiger partial charge in [-0.2, -0.15) is 0 Å². The highest BCUT2D eigenvalue weighted by atomic mass is 32.2. The van der Waals surface area contributed by atoms with Crippen molar-refractivity contribution in [1.82, 2.24) is 10.6 Å². The monoisotopic (exact) mass is 395 g/mol. The number of fused-ring (bicyclic) bond motifs is 1. The first-order valence-electron chi connectivity index (χ1n) is 8.86. The van der Waals surface area contributed by atoms with E-state index in [-0.39, 0.29) is 24.0 Å². The summed E-state index contributed by atoms with van der Waals surface area (Å²) in [6.07, 6.45) is 0.0359. The normalized spacial score (nSPS) is 21.0. The molecule has 0 bridgehead atoms. The molecule has 0 spiro atoms. The Balaban J connectivity index is 1.59. The molecule has 1 aromatic heterocycles. The lowest BCUT2D eigenvalue weighted by atomic mass is 10.1. The Kier molecular flexibility index (Phi) is 6.16. The van der Waals surface area contributed by atoms with E-state index in [9.17, 15) is 13.5 Å². The molecule has 0 aliphatic carbocycles. The Morgan fingerprint density at radius 2 is 2.19 bits per heavy atom. The summed E-state index contributed by atoms with van der Waals surface area (Å²) in [5, 5.41) is 17.9. The van der Waals surface area contributed by atoms with Crippen LogP contribution in [0.25, 0.3) is 10.1 Å². The van der Waals surface area contributed by atoms with Crippen LogP contribution >= 0.6 is 11.3 Å². The standard InChI is InChI=1S/C18H25N3O3S2/c1-2-19-18(20-10-13-7-8-26(23,24)12-13)21-11-15(22)17-9-14-5-3-4-6-16(14)25-17/h3-6,9,13,15,22H,2,7-8,10-12H2,1H3,(H2,19,20,21). The summed E-state index contributed by atoms with van der Waals surface area (Å²) in [4.78, 5) is 5.35. The molecule has 2 unspecified atom stereocenters. The molecule has 2 heterocycles. The van der Waals surface area contributed by atoms with Crippen LogP contribution in [0.2, 0.25) is 0 Å². The first-order chi connectivity index (χ1) is 12.5. The Hall–Kier alpha value is -1.64. The van der Waals surface area contributed by atoms with E-state index in [1.807, 2.05) is 37.3 Å². The van der Waals surface area contributed by atoms with Crippen molar-refractivity contribution >= 4 is 37.2 Å². The number of rotatable bonds is 6. The summed E-state index contributed by atoms with van der Waals surface area (Å²) in [5.41, 5.74) is 0. The zero-order chi connectivity index (χ0) is 18.6. The number of nitrogens with one attached hydrogen (secondary N) is 2. The third kappa shape index (κ3) is 4.96. The first-order valence-corrected chi connectivity index (χ1v) is 11.5. The molecule has 6 nitrogen and oxygen atoms in total. The summed E-state index contributed by atoms with van der Waals surface area (Å²) in [5.74, 6) is 1.25. The number of hydrogen-bond acceptors (Lipinski definition) is 5. The van der Waals surface area contributed by atoms with E-state index in [0.29, 0.717) is 25.5 Å². The Morgan fingerprint density at radius 3 is 2.88 bits per heavy atom. The van der Waals surface area contributed by atoms with E-state index >= 15 is 0 Å². The molecule has 3 rings (SSSR count). The van der Waals surface area contributed by atoms with Crippen LogP contribution < -0.4 is 10.6 Å². The molecule has 1 aromatic carbocycles. The minimum Gasteiger partial charge on any atom is -0.386 e. The van der Waals surface area contributed by atoms with Crippen molar-refractivity contribution in [1.29, 1.82) is 0 Å². The molecule has 1 fully saturated rings. The molecule has 1 aliphatic rings. The highest BCUT2D eigenvalue weighted by molar-refractivity contribution is 7.91. The lowest BCUT2D eigenvalue weighted by molar-refractivity contribution is 0.191. The minimum atomic E-state index is -2.87. The van der Waals surface area contributed by atoms with Gasteiger partial charge in [-0.25, -0.2) is 8.42 Å². The second-order valence-electron chi connectivity index (χ2n) is 6.57. The van der Waals surface area contributed by atoms with Crippen LogP contribution in [0, 0.1) is 5.92 Å². The van der Waals surface area contributed by atoms with E-state index in [1.165, 1.54) is 0 Å². The lowest BCUT2D eigenvalue weighted by Crippen LogP contribution is -2.40. The number of aliphatic hydroxyl groups excluding tert-OH is 1. The molecule has 8 heteroatoms. The van der Waals surface area contributed by atoms with Gasteiger partial charge in [-0.1, -0.05) is 18.2 Å². The van der Waals surface area contributed by atoms with Gasteiger partial charge in [0.1, 0.15) is 6.10 Å². The number of aliphatic imine (C=N–C) groups is 1. The maximum atomic E-state index is 11.6. The number of benzene rings is 1. The van der Waals surface area contributed by atoms with Crippen LogP contribution in [0.5, 0.6) is 0 Å². The van der Waals surface area contributed by atoms with Crippen LogP contribution in [-0.2, 0) is 9.84 Å². The molecule has 1 aliphatic heterocycles. The van der Waals surface area contributed by atoms with E-state index in [4.69, 9.17) is 0 Å². The minimum absolute atomic E-state index is 0.122. The molecule has 2 atom stereocenters. The average Bonchev–Trinajstić information content (AvgIpc) is 3.20. The largest absolute Gasteiger partial charge is 0.386 e. The van der Waals surface area contributed by atoms with Gasteiger partial charge in [0.25, 0.3) is 0 Å². The third-order valence-electron chi connectivity index (χ3n) is 4.42. The SMILES string of the molecule is CCNC(=NCC(O)c1cc2ccccc2s1)NCC1CCS(=O)(=O)C1. The van der Waals surface area contributed by atoms with Crippen molar-refractivity contribution in [2.24, 2.45) is 10.9 Å². The van der Waals surface area contributed by atoms with Gasteiger partial charge in [0.2, 0.25) is 0 Å². The van der Waals surface area contributed by atoms with Crippen molar-refractivity contribution in [2.45, 2.75) is 19.4 Å². The van der Waals surface area contributed by atoms with Crippen LogP contribution in [0.15, 0.2) is 35.3 Å². The average molecular weight is 396 g/mol. The lowest BCUT2D eigenvalue weighted by Gasteiger charge is -2.15. The number of guanidine groups is 1. The van der Waals surface area contributed by atoms with Gasteiger partial charge in [0.15, 0.2) is 15.8 Å². The number of hydrogen-bond donors (Lipinski definition) is 3. The second kappa shape index (κ2) is 8.37. The fourth-order valence-electron chi connectivity index (χ4n) is 3.05. The highest BCUT2D eigenvalue weighted by Crippen LogP contribution is 2.29. The van der Waals surface area contributed by atoms with E-state index in [1.54, 1.807) is 11.3 Å². The van der Waals surface area contributed by atoms with Crippen molar-refractivity contribution in [3.8, 4) is 0 Å². The van der Waals surface area contributed by atoms with Crippen molar-refractivity contribution in [3.05, 3.63) is 35.2 Å². The zero-order valence-corrected chi connectivity index (χ0v) is 16.4. The van der Waals surface area contributed by atoms with E-state index in [2.05, 4.69) is 15.6 Å². The maximum Gasteiger partial charge on any atom is 0.191 e. The van der Waals surface area contributed by atoms with Gasteiger partial charge in [0, 0.05) is 22.7 Å². The fraction of sp³-hybridized carbons (Fsp3) is 0.500. The van der Waals surface area contributed by atoms with E-state index in [0.717, 1.165) is 15.0 Å². The van der Waals surface area contributed by atoms with Crippen molar-refractivity contribution in [2.75, 3.05) is 31.1 Å². The second-order valence-corrected chi connectivity index (χ2v) is 9.92. The number of sulfone groups is 1. The molecule has 26 heavy (non-hydrogen) atoms. The molecular formula is C18H25N3O3S2. The number of thiophene rings is 1. The smallest absolute Gasteiger partial charge is 0.191 e. The van der Waals surface area contributed by atoms with Gasteiger partial charge in [-0.05, 0) is 36.8 Å². The molecule has 0 amide bonds. The van der Waals surface area contributed by atoms with Crippen LogP contribution in [-0.4, -0.2) is 50.6 Å². The van der Waals surface area contributed by atoms with Gasteiger partial charge in [-0.15, -0.1) is 11.3 Å². The Labute approximate surface area is 158 Å². The molecule has 142 valence electrons. The number of aliphatic hydroxyl groups is 1. The first kappa shape index (κ1) is 19.1. The van der Waals surface area contributed by atoms with Crippen molar-refractivity contribution < 1.29 is 13.5 Å².